The lowest BCUT2D eigenvalue weighted by Gasteiger charge is -2.16. The van der Waals surface area contributed by atoms with E-state index < -0.39 is 12.0 Å². The van der Waals surface area contributed by atoms with Crippen LogP contribution < -0.4 is 5.73 Å². The Labute approximate surface area is 64.8 Å². The monoisotopic (exact) mass is 160 g/mol. The number of carboxylic acid groups (broad SMARTS) is 1. The van der Waals surface area contributed by atoms with Crippen LogP contribution in [-0.2, 0) is 9.59 Å². The van der Waals surface area contributed by atoms with Crippen LogP contribution in [0.2, 0.25) is 0 Å². The van der Waals surface area contributed by atoms with Gasteiger partial charge in [-0.2, -0.15) is 0 Å². The zero-order valence-corrected chi connectivity index (χ0v) is 6.57. The van der Waals surface area contributed by atoms with Crippen LogP contribution >= 0.6 is 0 Å². The topological polar surface area (TPSA) is 83.6 Å². The lowest BCUT2D eigenvalue weighted by Crippen LogP contribution is -2.41. The molecule has 0 aromatic rings. The molecule has 5 heteroatoms. The third kappa shape index (κ3) is 3.57. The highest BCUT2D eigenvalue weighted by molar-refractivity contribution is 5.84. The fourth-order valence-electron chi connectivity index (χ4n) is 0.628. The molecule has 0 aliphatic heterocycles. The number of hydrogen-bond acceptors (Lipinski definition) is 3. The van der Waals surface area contributed by atoms with Crippen molar-refractivity contribution in [2.24, 2.45) is 5.73 Å². The molecule has 0 aliphatic rings. The molecule has 0 radical (unpaired) electrons. The number of aliphatic carboxylic acids is 1. The second kappa shape index (κ2) is 3.92. The summed E-state index contributed by atoms with van der Waals surface area (Å²) in [6.45, 7) is 1.21. The lowest BCUT2D eigenvalue weighted by atomic mass is 10.3. The summed E-state index contributed by atoms with van der Waals surface area (Å²) in [5, 5.41) is 8.28. The number of nitrogens with two attached hydrogens (primary N) is 1. The summed E-state index contributed by atoms with van der Waals surface area (Å²) in [5.41, 5.74) is 5.23. The molecular weight excluding hydrogens is 148 g/mol. The molecule has 0 bridgehead atoms. The standard InChI is InChI=1S/C6H12N2O3/c1-4(7)6(11)8(2)3-5(9)10/h4H,3,7H2,1-2H3,(H,9,10)/t4-/m0/s1. The molecule has 0 aliphatic carbocycles. The highest BCUT2D eigenvalue weighted by Gasteiger charge is 2.14. The predicted octanol–water partition coefficient (Wildman–Crippen LogP) is -1.12. The van der Waals surface area contributed by atoms with Gasteiger partial charge in [0.15, 0.2) is 0 Å². The van der Waals surface area contributed by atoms with Gasteiger partial charge in [0, 0.05) is 7.05 Å². The minimum absolute atomic E-state index is 0.305. The van der Waals surface area contributed by atoms with E-state index in [0.717, 1.165) is 4.90 Å². The number of rotatable bonds is 3. The van der Waals surface area contributed by atoms with Crippen molar-refractivity contribution >= 4 is 11.9 Å². The summed E-state index contributed by atoms with van der Waals surface area (Å²) in [4.78, 5) is 22.1. The average Bonchev–Trinajstić information content (AvgIpc) is 1.84. The van der Waals surface area contributed by atoms with E-state index in [9.17, 15) is 9.59 Å². The molecule has 0 heterocycles. The van der Waals surface area contributed by atoms with E-state index in [1.807, 2.05) is 0 Å². The Hall–Kier alpha value is -1.10. The van der Waals surface area contributed by atoms with Crippen LogP contribution in [0.1, 0.15) is 6.92 Å². The normalized spacial score (nSPS) is 12.3. The molecule has 0 aromatic carbocycles. The molecule has 5 nitrogen and oxygen atoms in total. The Kier molecular flexibility index (Phi) is 3.53. The Morgan fingerprint density at radius 2 is 2.09 bits per heavy atom. The quantitative estimate of drug-likeness (QED) is 0.547. The molecule has 64 valence electrons. The fraction of sp³-hybridized carbons (Fsp3) is 0.667. The number of nitrogens with zero attached hydrogens (tertiary/aromatic N) is 1. The summed E-state index contributed by atoms with van der Waals surface area (Å²) in [6.07, 6.45) is 0. The van der Waals surface area contributed by atoms with Gasteiger partial charge in [0.1, 0.15) is 6.54 Å². The number of hydrogen-bond donors (Lipinski definition) is 2. The Morgan fingerprint density at radius 3 is 2.36 bits per heavy atom. The second-order valence-corrected chi connectivity index (χ2v) is 2.38. The van der Waals surface area contributed by atoms with E-state index in [2.05, 4.69) is 0 Å². The van der Waals surface area contributed by atoms with Crippen LogP contribution in [0.15, 0.2) is 0 Å². The summed E-state index contributed by atoms with van der Waals surface area (Å²) < 4.78 is 0. The first-order valence-corrected chi connectivity index (χ1v) is 3.17. The van der Waals surface area contributed by atoms with Crippen LogP contribution in [0, 0.1) is 0 Å². The summed E-state index contributed by atoms with van der Waals surface area (Å²) in [7, 11) is 1.40. The van der Waals surface area contributed by atoms with Crippen molar-refractivity contribution in [3.8, 4) is 0 Å². The molecule has 0 spiro atoms. The van der Waals surface area contributed by atoms with Crippen molar-refractivity contribution in [3.05, 3.63) is 0 Å². The van der Waals surface area contributed by atoms with Crippen molar-refractivity contribution in [2.75, 3.05) is 13.6 Å². The van der Waals surface area contributed by atoms with E-state index in [-0.39, 0.29) is 12.5 Å². The molecule has 11 heavy (non-hydrogen) atoms. The van der Waals surface area contributed by atoms with Gasteiger partial charge < -0.3 is 15.7 Å². The fourth-order valence-corrected chi connectivity index (χ4v) is 0.628. The first-order valence-electron chi connectivity index (χ1n) is 3.17. The van der Waals surface area contributed by atoms with Crippen LogP contribution in [0.5, 0.6) is 0 Å². The number of carbonyl (C=O) groups excluding carboxylic acids is 1. The van der Waals surface area contributed by atoms with E-state index in [1.165, 1.54) is 14.0 Å². The van der Waals surface area contributed by atoms with Gasteiger partial charge in [-0.15, -0.1) is 0 Å². The first-order chi connectivity index (χ1) is 4.95. The third-order valence-electron chi connectivity index (χ3n) is 1.14. The molecular formula is C6H12N2O3. The maximum Gasteiger partial charge on any atom is 0.323 e. The summed E-state index contributed by atoms with van der Waals surface area (Å²) in [6, 6.07) is -0.639. The van der Waals surface area contributed by atoms with Gasteiger partial charge >= 0.3 is 5.97 Å². The molecule has 0 unspecified atom stereocenters. The number of likely N-dealkylation sites (N-methyl/N-ethyl adjacent to an activating group) is 1. The molecule has 1 amide bonds. The van der Waals surface area contributed by atoms with Crippen LogP contribution in [-0.4, -0.2) is 41.5 Å². The van der Waals surface area contributed by atoms with Gasteiger partial charge in [-0.1, -0.05) is 0 Å². The SMILES string of the molecule is C[C@H](N)C(=O)N(C)CC(=O)O. The van der Waals surface area contributed by atoms with Gasteiger partial charge in [0.05, 0.1) is 6.04 Å². The Morgan fingerprint density at radius 1 is 1.64 bits per heavy atom. The number of carbonyl (C=O) groups is 2. The Bertz CT molecular complexity index is 167. The summed E-state index contributed by atoms with van der Waals surface area (Å²) >= 11 is 0. The molecule has 0 saturated carbocycles. The Balaban J connectivity index is 3.93. The van der Waals surface area contributed by atoms with Gasteiger partial charge in [0.2, 0.25) is 5.91 Å². The molecule has 0 saturated heterocycles. The maximum atomic E-state index is 10.9. The predicted molar refractivity (Wildman–Crippen MR) is 38.9 cm³/mol. The van der Waals surface area contributed by atoms with E-state index >= 15 is 0 Å². The minimum Gasteiger partial charge on any atom is -0.480 e. The van der Waals surface area contributed by atoms with Crippen molar-refractivity contribution in [1.29, 1.82) is 0 Å². The largest absolute Gasteiger partial charge is 0.480 e. The van der Waals surface area contributed by atoms with E-state index in [0.29, 0.717) is 0 Å². The first kappa shape index (κ1) is 9.90. The van der Waals surface area contributed by atoms with E-state index in [1.54, 1.807) is 0 Å². The van der Waals surface area contributed by atoms with Crippen molar-refractivity contribution in [1.82, 2.24) is 4.90 Å². The van der Waals surface area contributed by atoms with Crippen LogP contribution in [0.3, 0.4) is 0 Å². The molecule has 3 N–H and O–H groups in total. The van der Waals surface area contributed by atoms with Gasteiger partial charge in [-0.25, -0.2) is 0 Å². The van der Waals surface area contributed by atoms with Gasteiger partial charge in [-0.05, 0) is 6.92 Å². The second-order valence-electron chi connectivity index (χ2n) is 2.38. The van der Waals surface area contributed by atoms with Crippen LogP contribution in [0.4, 0.5) is 0 Å². The number of carboxylic acids is 1. The van der Waals surface area contributed by atoms with Crippen molar-refractivity contribution < 1.29 is 14.7 Å². The van der Waals surface area contributed by atoms with Gasteiger partial charge in [0.25, 0.3) is 0 Å². The minimum atomic E-state index is -1.04. The van der Waals surface area contributed by atoms with Crippen molar-refractivity contribution in [2.45, 2.75) is 13.0 Å². The number of amides is 1. The zero-order chi connectivity index (χ0) is 9.02. The maximum absolute atomic E-state index is 10.9. The van der Waals surface area contributed by atoms with Crippen LogP contribution in [0.25, 0.3) is 0 Å². The molecule has 0 rings (SSSR count). The highest BCUT2D eigenvalue weighted by Crippen LogP contribution is 1.87. The van der Waals surface area contributed by atoms with Crippen molar-refractivity contribution in [3.63, 3.8) is 0 Å². The smallest absolute Gasteiger partial charge is 0.323 e. The zero-order valence-electron chi connectivity index (χ0n) is 6.57. The van der Waals surface area contributed by atoms with E-state index in [4.69, 9.17) is 10.8 Å². The molecule has 0 fully saturated rings. The summed E-state index contributed by atoms with van der Waals surface area (Å²) in [5.74, 6) is -1.41. The molecule has 1 atom stereocenters. The highest BCUT2D eigenvalue weighted by atomic mass is 16.4. The van der Waals surface area contributed by atoms with Gasteiger partial charge in [-0.3, -0.25) is 9.59 Å². The average molecular weight is 160 g/mol. The third-order valence-corrected chi connectivity index (χ3v) is 1.14. The molecule has 0 aromatic heterocycles. The lowest BCUT2D eigenvalue weighted by molar-refractivity contribution is -0.143.